The normalized spacial score (nSPS) is 21.5. The lowest BCUT2D eigenvalue weighted by molar-refractivity contribution is 0.0421. The highest BCUT2D eigenvalue weighted by Gasteiger charge is 2.39. The van der Waals surface area contributed by atoms with Crippen LogP contribution in [0.15, 0.2) is 0 Å². The van der Waals surface area contributed by atoms with Crippen LogP contribution in [0.25, 0.3) is 0 Å². The van der Waals surface area contributed by atoms with Crippen molar-refractivity contribution in [2.75, 3.05) is 34.5 Å². The van der Waals surface area contributed by atoms with E-state index in [0.29, 0.717) is 6.10 Å². The van der Waals surface area contributed by atoms with Crippen molar-refractivity contribution in [3.05, 3.63) is 0 Å². The number of ether oxygens (including phenoxy) is 2. The molecule has 2 atom stereocenters. The molecule has 0 saturated carbocycles. The van der Waals surface area contributed by atoms with Gasteiger partial charge >= 0.3 is 8.80 Å². The van der Waals surface area contributed by atoms with Crippen LogP contribution in [-0.4, -0.2) is 55.6 Å². The quantitative estimate of drug-likeness (QED) is 0.441. The second-order valence-electron chi connectivity index (χ2n) is 4.10. The zero-order valence-corrected chi connectivity index (χ0v) is 12.2. The van der Waals surface area contributed by atoms with Crippen LogP contribution in [0.3, 0.4) is 0 Å². The second kappa shape index (κ2) is 7.45. The van der Waals surface area contributed by atoms with Gasteiger partial charge in [-0.25, -0.2) is 0 Å². The molecule has 0 radical (unpaired) electrons. The highest BCUT2D eigenvalue weighted by molar-refractivity contribution is 6.60. The summed E-state index contributed by atoms with van der Waals surface area (Å²) in [7, 11) is 2.45. The van der Waals surface area contributed by atoms with Crippen molar-refractivity contribution in [3.63, 3.8) is 0 Å². The molecule has 0 aliphatic carbocycles. The van der Waals surface area contributed by atoms with E-state index in [0.717, 1.165) is 32.1 Å². The Kier molecular flexibility index (Phi) is 6.61. The van der Waals surface area contributed by atoms with E-state index >= 15 is 0 Å². The summed E-state index contributed by atoms with van der Waals surface area (Å²) < 4.78 is 27.1. The Labute approximate surface area is 105 Å². The highest BCUT2D eigenvalue weighted by Crippen LogP contribution is 2.24. The van der Waals surface area contributed by atoms with Gasteiger partial charge in [0.1, 0.15) is 0 Å². The number of rotatable bonds is 10. The van der Waals surface area contributed by atoms with Gasteiger partial charge in [0.05, 0.1) is 18.8 Å². The average Bonchev–Trinajstić information content (AvgIpc) is 3.16. The molecule has 1 rings (SSSR count). The average molecular weight is 264 g/mol. The molecular weight excluding hydrogens is 240 g/mol. The molecule has 5 nitrogen and oxygen atoms in total. The van der Waals surface area contributed by atoms with Gasteiger partial charge < -0.3 is 22.8 Å². The molecule has 0 aromatic carbocycles. The van der Waals surface area contributed by atoms with E-state index in [-0.39, 0.29) is 6.10 Å². The van der Waals surface area contributed by atoms with Crippen LogP contribution in [0, 0.1) is 0 Å². The third kappa shape index (κ3) is 5.03. The molecule has 0 amide bonds. The minimum Gasteiger partial charge on any atom is -0.378 e. The van der Waals surface area contributed by atoms with E-state index in [4.69, 9.17) is 22.8 Å². The third-order valence-corrected chi connectivity index (χ3v) is 5.80. The first-order valence-electron chi connectivity index (χ1n) is 6.08. The van der Waals surface area contributed by atoms with E-state index in [1.807, 2.05) is 6.92 Å². The van der Waals surface area contributed by atoms with Crippen LogP contribution >= 0.6 is 0 Å². The molecule has 0 bridgehead atoms. The molecule has 0 spiro atoms. The van der Waals surface area contributed by atoms with Crippen LogP contribution in [0.5, 0.6) is 0 Å². The van der Waals surface area contributed by atoms with Crippen LogP contribution in [0.2, 0.25) is 6.04 Å². The Morgan fingerprint density at radius 2 is 1.82 bits per heavy atom. The summed E-state index contributed by atoms with van der Waals surface area (Å²) in [4.78, 5) is 0. The first kappa shape index (κ1) is 15.1. The van der Waals surface area contributed by atoms with Crippen LogP contribution in [-0.2, 0) is 22.8 Å². The van der Waals surface area contributed by atoms with E-state index in [1.165, 1.54) is 0 Å². The Morgan fingerprint density at radius 3 is 2.24 bits per heavy atom. The Balaban J connectivity index is 2.36. The molecule has 1 heterocycles. The van der Waals surface area contributed by atoms with Crippen LogP contribution in [0.4, 0.5) is 0 Å². The second-order valence-corrected chi connectivity index (χ2v) is 7.19. The molecule has 2 unspecified atom stereocenters. The molecule has 0 aromatic heterocycles. The topological polar surface area (TPSA) is 49.5 Å². The molecule has 1 fully saturated rings. The van der Waals surface area contributed by atoms with Crippen molar-refractivity contribution in [2.24, 2.45) is 0 Å². The lowest BCUT2D eigenvalue weighted by Gasteiger charge is -2.26. The molecule has 102 valence electrons. The zero-order valence-electron chi connectivity index (χ0n) is 11.2. The van der Waals surface area contributed by atoms with Gasteiger partial charge in [-0.1, -0.05) is 0 Å². The van der Waals surface area contributed by atoms with Gasteiger partial charge in [-0.15, -0.1) is 0 Å². The Bertz CT molecular complexity index is 198. The predicted molar refractivity (Wildman–Crippen MR) is 66.0 cm³/mol. The van der Waals surface area contributed by atoms with Gasteiger partial charge in [-0.3, -0.25) is 0 Å². The molecule has 0 aromatic rings. The summed E-state index contributed by atoms with van der Waals surface area (Å²) in [6.45, 7) is 3.60. The van der Waals surface area contributed by atoms with Crippen LogP contribution < -0.4 is 0 Å². The fourth-order valence-corrected chi connectivity index (χ4v) is 3.68. The number of epoxide rings is 1. The van der Waals surface area contributed by atoms with Gasteiger partial charge in [-0.2, -0.15) is 0 Å². The zero-order chi connectivity index (χ0) is 12.7. The molecule has 0 N–H and O–H groups in total. The van der Waals surface area contributed by atoms with E-state index in [1.54, 1.807) is 21.3 Å². The summed E-state index contributed by atoms with van der Waals surface area (Å²) in [6.07, 6.45) is 2.43. The van der Waals surface area contributed by atoms with Crippen molar-refractivity contribution >= 4 is 8.80 Å². The maximum Gasteiger partial charge on any atom is 0.500 e. The minimum absolute atomic E-state index is 0.208. The van der Waals surface area contributed by atoms with Crippen molar-refractivity contribution in [1.82, 2.24) is 0 Å². The standard InChI is InChI=1S/C11H24O5Si/c1-5-15-10(8-11-9-16-11)6-7-17(12-2,13-3)14-4/h10-11H,5-9H2,1-4H3. The molecule has 1 aliphatic rings. The van der Waals surface area contributed by atoms with E-state index in [9.17, 15) is 0 Å². The largest absolute Gasteiger partial charge is 0.500 e. The van der Waals surface area contributed by atoms with Gasteiger partial charge in [0, 0.05) is 40.4 Å². The SMILES string of the molecule is CCOC(CC[Si](OC)(OC)OC)CC1CO1. The lowest BCUT2D eigenvalue weighted by Crippen LogP contribution is -2.43. The summed E-state index contributed by atoms with van der Waals surface area (Å²) >= 11 is 0. The Morgan fingerprint density at radius 1 is 1.24 bits per heavy atom. The lowest BCUT2D eigenvalue weighted by atomic mass is 10.1. The monoisotopic (exact) mass is 264 g/mol. The summed E-state index contributed by atoms with van der Waals surface area (Å²) in [6, 6.07) is 0.772. The van der Waals surface area contributed by atoms with Crippen molar-refractivity contribution in [2.45, 2.75) is 38.0 Å². The first-order chi connectivity index (χ1) is 8.19. The van der Waals surface area contributed by atoms with Crippen molar-refractivity contribution in [1.29, 1.82) is 0 Å². The van der Waals surface area contributed by atoms with E-state index in [2.05, 4.69) is 0 Å². The maximum atomic E-state index is 5.70. The van der Waals surface area contributed by atoms with Gasteiger partial charge in [-0.05, 0) is 13.3 Å². The molecule has 1 saturated heterocycles. The molecule has 1 aliphatic heterocycles. The van der Waals surface area contributed by atoms with Gasteiger partial charge in [0.15, 0.2) is 0 Å². The molecule has 6 heteroatoms. The minimum atomic E-state index is -2.46. The maximum absolute atomic E-state index is 5.70. The summed E-state index contributed by atoms with van der Waals surface area (Å²) in [5, 5.41) is 0. The molecule has 17 heavy (non-hydrogen) atoms. The highest BCUT2D eigenvalue weighted by atomic mass is 28.4. The fourth-order valence-electron chi connectivity index (χ4n) is 1.90. The predicted octanol–water partition coefficient (Wildman–Crippen LogP) is 1.45. The van der Waals surface area contributed by atoms with Crippen molar-refractivity contribution in [3.8, 4) is 0 Å². The Hall–Kier alpha value is 0.0169. The fraction of sp³-hybridized carbons (Fsp3) is 1.00. The number of hydrogen-bond donors (Lipinski definition) is 0. The van der Waals surface area contributed by atoms with Gasteiger partial charge in [0.25, 0.3) is 0 Å². The summed E-state index contributed by atoms with van der Waals surface area (Å²) in [5.41, 5.74) is 0. The van der Waals surface area contributed by atoms with Crippen molar-refractivity contribution < 1.29 is 22.8 Å². The molecular formula is C11H24O5Si. The smallest absolute Gasteiger partial charge is 0.378 e. The first-order valence-corrected chi connectivity index (χ1v) is 8.01. The number of hydrogen-bond acceptors (Lipinski definition) is 5. The summed E-state index contributed by atoms with van der Waals surface area (Å²) in [5.74, 6) is 0. The van der Waals surface area contributed by atoms with Crippen LogP contribution in [0.1, 0.15) is 19.8 Å². The van der Waals surface area contributed by atoms with E-state index < -0.39 is 8.80 Å². The third-order valence-electron chi connectivity index (χ3n) is 3.04. The van der Waals surface area contributed by atoms with Gasteiger partial charge in [0.2, 0.25) is 0 Å².